The Hall–Kier alpha value is 0.180. The van der Waals surface area contributed by atoms with Gasteiger partial charge in [0.05, 0.1) is 0 Å². The van der Waals surface area contributed by atoms with Crippen LogP contribution in [0.15, 0.2) is 12.7 Å². The highest BCUT2D eigenvalue weighted by Gasteiger charge is 1.98. The van der Waals surface area contributed by atoms with E-state index in [4.69, 9.17) is 0 Å². The van der Waals surface area contributed by atoms with E-state index in [2.05, 4.69) is 41.4 Å². The van der Waals surface area contributed by atoms with E-state index in [-0.39, 0.29) is 0 Å². The molecule has 54 valence electrons. The molecule has 0 aromatic rings. The summed E-state index contributed by atoms with van der Waals surface area (Å²) < 4.78 is 0. The van der Waals surface area contributed by atoms with Crippen molar-refractivity contribution in [2.75, 3.05) is 20.1 Å². The second kappa shape index (κ2) is 5.00. The number of hydrogen-bond donors (Lipinski definition) is 0. The van der Waals surface area contributed by atoms with Crippen molar-refractivity contribution < 1.29 is 0 Å². The van der Waals surface area contributed by atoms with Gasteiger partial charge in [0.1, 0.15) is 0 Å². The van der Waals surface area contributed by atoms with Crippen molar-refractivity contribution in [3.05, 3.63) is 12.7 Å². The molecule has 0 aliphatic carbocycles. The molecule has 0 aliphatic heterocycles. The smallest absolute Gasteiger partial charge is 0.0244 e. The van der Waals surface area contributed by atoms with Crippen LogP contribution in [0.25, 0.3) is 0 Å². The molecular formula is C7H14BrN. The van der Waals surface area contributed by atoms with Gasteiger partial charge in [0.25, 0.3) is 0 Å². The standard InChI is InChI=1S/C7H14BrN/c1-4-5-9(3)6-7(2)8/h4,7H,1,5-6H2,2-3H3. The van der Waals surface area contributed by atoms with Crippen LogP contribution >= 0.6 is 15.9 Å². The highest BCUT2D eigenvalue weighted by molar-refractivity contribution is 9.09. The van der Waals surface area contributed by atoms with Crippen LogP contribution in [0.5, 0.6) is 0 Å². The number of nitrogens with zero attached hydrogens (tertiary/aromatic N) is 1. The first-order valence-electron chi connectivity index (χ1n) is 3.10. The van der Waals surface area contributed by atoms with Crippen LogP contribution in [-0.2, 0) is 0 Å². The van der Waals surface area contributed by atoms with E-state index in [0.29, 0.717) is 4.83 Å². The molecule has 0 radical (unpaired) electrons. The van der Waals surface area contributed by atoms with E-state index in [1.807, 2.05) is 6.08 Å². The van der Waals surface area contributed by atoms with Gasteiger partial charge in [-0.05, 0) is 7.05 Å². The van der Waals surface area contributed by atoms with E-state index < -0.39 is 0 Å². The average molecular weight is 192 g/mol. The molecule has 1 unspecified atom stereocenters. The molecule has 2 heteroatoms. The minimum absolute atomic E-state index is 0.572. The Morgan fingerprint density at radius 1 is 1.78 bits per heavy atom. The molecule has 0 bridgehead atoms. The maximum absolute atomic E-state index is 3.65. The van der Waals surface area contributed by atoms with Crippen molar-refractivity contribution in [2.45, 2.75) is 11.8 Å². The maximum Gasteiger partial charge on any atom is 0.0244 e. The fourth-order valence-corrected chi connectivity index (χ4v) is 1.22. The summed E-state index contributed by atoms with van der Waals surface area (Å²) in [7, 11) is 2.08. The summed E-state index contributed by atoms with van der Waals surface area (Å²) >= 11 is 3.47. The zero-order valence-corrected chi connectivity index (χ0v) is 7.69. The fraction of sp³-hybridized carbons (Fsp3) is 0.714. The number of likely N-dealkylation sites (N-methyl/N-ethyl adjacent to an activating group) is 1. The van der Waals surface area contributed by atoms with Gasteiger partial charge in [0.15, 0.2) is 0 Å². The fourth-order valence-electron chi connectivity index (χ4n) is 0.724. The van der Waals surface area contributed by atoms with E-state index >= 15 is 0 Å². The van der Waals surface area contributed by atoms with E-state index in [9.17, 15) is 0 Å². The van der Waals surface area contributed by atoms with Gasteiger partial charge in [-0.3, -0.25) is 0 Å². The predicted octanol–water partition coefficient (Wildman–Crippen LogP) is 1.89. The molecule has 0 heterocycles. The minimum atomic E-state index is 0.572. The highest BCUT2D eigenvalue weighted by Crippen LogP contribution is 1.98. The topological polar surface area (TPSA) is 3.24 Å². The van der Waals surface area contributed by atoms with Crippen molar-refractivity contribution in [1.29, 1.82) is 0 Å². The molecule has 1 atom stereocenters. The molecular weight excluding hydrogens is 178 g/mol. The Morgan fingerprint density at radius 3 is 2.67 bits per heavy atom. The first-order valence-corrected chi connectivity index (χ1v) is 4.02. The summed E-state index contributed by atoms with van der Waals surface area (Å²) in [6.07, 6.45) is 1.91. The summed E-state index contributed by atoms with van der Waals surface area (Å²) in [4.78, 5) is 2.79. The lowest BCUT2D eigenvalue weighted by molar-refractivity contribution is 0.377. The second-order valence-corrected chi connectivity index (χ2v) is 3.85. The van der Waals surface area contributed by atoms with Crippen LogP contribution in [-0.4, -0.2) is 29.9 Å². The molecule has 0 aromatic heterocycles. The summed E-state index contributed by atoms with van der Waals surface area (Å²) in [6, 6.07) is 0. The summed E-state index contributed by atoms with van der Waals surface area (Å²) in [5.41, 5.74) is 0. The molecule has 0 amide bonds. The van der Waals surface area contributed by atoms with Crippen molar-refractivity contribution >= 4 is 15.9 Å². The Bertz CT molecular complexity index is 81.0. The SMILES string of the molecule is C=CCN(C)CC(C)Br. The second-order valence-electron chi connectivity index (χ2n) is 2.29. The molecule has 0 saturated carbocycles. The van der Waals surface area contributed by atoms with Gasteiger partial charge in [-0.15, -0.1) is 6.58 Å². The zero-order valence-electron chi connectivity index (χ0n) is 6.10. The lowest BCUT2D eigenvalue weighted by Gasteiger charge is -2.14. The quantitative estimate of drug-likeness (QED) is 0.485. The summed E-state index contributed by atoms with van der Waals surface area (Å²) in [5, 5.41) is 0. The van der Waals surface area contributed by atoms with Gasteiger partial charge in [-0.2, -0.15) is 0 Å². The summed E-state index contributed by atoms with van der Waals surface area (Å²) in [6.45, 7) is 7.83. The summed E-state index contributed by atoms with van der Waals surface area (Å²) in [5.74, 6) is 0. The average Bonchev–Trinajstić information content (AvgIpc) is 1.63. The molecule has 0 N–H and O–H groups in total. The zero-order chi connectivity index (χ0) is 7.28. The molecule has 1 nitrogen and oxygen atoms in total. The third kappa shape index (κ3) is 6.06. The van der Waals surface area contributed by atoms with Crippen molar-refractivity contribution in [3.8, 4) is 0 Å². The molecule has 0 aliphatic rings. The number of hydrogen-bond acceptors (Lipinski definition) is 1. The number of halogens is 1. The molecule has 0 fully saturated rings. The van der Waals surface area contributed by atoms with Crippen LogP contribution in [0.3, 0.4) is 0 Å². The van der Waals surface area contributed by atoms with Gasteiger partial charge in [0, 0.05) is 17.9 Å². The van der Waals surface area contributed by atoms with E-state index in [0.717, 1.165) is 13.1 Å². The Morgan fingerprint density at radius 2 is 2.33 bits per heavy atom. The first-order chi connectivity index (χ1) is 4.16. The van der Waals surface area contributed by atoms with Crippen LogP contribution in [0.1, 0.15) is 6.92 Å². The van der Waals surface area contributed by atoms with Gasteiger partial charge < -0.3 is 4.90 Å². The Kier molecular flexibility index (Phi) is 5.10. The van der Waals surface area contributed by atoms with Crippen LogP contribution in [0, 0.1) is 0 Å². The maximum atomic E-state index is 3.65. The first kappa shape index (κ1) is 9.18. The Balaban J connectivity index is 3.25. The lowest BCUT2D eigenvalue weighted by atomic mass is 10.4. The molecule has 0 saturated heterocycles. The van der Waals surface area contributed by atoms with Gasteiger partial charge >= 0.3 is 0 Å². The third-order valence-electron chi connectivity index (χ3n) is 1.00. The van der Waals surface area contributed by atoms with Crippen LogP contribution in [0.2, 0.25) is 0 Å². The molecule has 0 rings (SSSR count). The highest BCUT2D eigenvalue weighted by atomic mass is 79.9. The molecule has 9 heavy (non-hydrogen) atoms. The molecule has 0 aromatic carbocycles. The molecule has 0 spiro atoms. The van der Waals surface area contributed by atoms with Crippen LogP contribution < -0.4 is 0 Å². The predicted molar refractivity (Wildman–Crippen MR) is 46.1 cm³/mol. The third-order valence-corrected chi connectivity index (χ3v) is 1.29. The van der Waals surface area contributed by atoms with E-state index in [1.54, 1.807) is 0 Å². The van der Waals surface area contributed by atoms with Crippen molar-refractivity contribution in [2.24, 2.45) is 0 Å². The van der Waals surface area contributed by atoms with Crippen molar-refractivity contribution in [1.82, 2.24) is 4.90 Å². The van der Waals surface area contributed by atoms with Gasteiger partial charge in [-0.25, -0.2) is 0 Å². The monoisotopic (exact) mass is 191 g/mol. The number of alkyl halides is 1. The van der Waals surface area contributed by atoms with Crippen molar-refractivity contribution in [3.63, 3.8) is 0 Å². The van der Waals surface area contributed by atoms with E-state index in [1.165, 1.54) is 0 Å². The lowest BCUT2D eigenvalue weighted by Crippen LogP contribution is -2.24. The largest absolute Gasteiger partial charge is 0.302 e. The number of rotatable bonds is 4. The Labute approximate surface area is 65.9 Å². The van der Waals surface area contributed by atoms with Gasteiger partial charge in [0.2, 0.25) is 0 Å². The van der Waals surface area contributed by atoms with Crippen LogP contribution in [0.4, 0.5) is 0 Å². The van der Waals surface area contributed by atoms with Gasteiger partial charge in [-0.1, -0.05) is 28.9 Å². The normalized spacial score (nSPS) is 13.8. The minimum Gasteiger partial charge on any atom is -0.302 e.